The highest BCUT2D eigenvalue weighted by molar-refractivity contribution is 7.87. The summed E-state index contributed by atoms with van der Waals surface area (Å²) < 4.78 is 28.2. The molecule has 0 bridgehead atoms. The Bertz CT molecular complexity index is 320. The summed E-state index contributed by atoms with van der Waals surface area (Å²) in [6, 6.07) is 0.637. The molecule has 6 heteroatoms. The standard InChI is InChI=1S/C11H23N3O2S/c15-17(16,13-8-7-12-11-5-6-11)14-9-3-1-2-4-10-14/h11-13H,1-10H2. The summed E-state index contributed by atoms with van der Waals surface area (Å²) in [7, 11) is -3.24. The molecule has 5 nitrogen and oxygen atoms in total. The van der Waals surface area contributed by atoms with E-state index in [4.69, 9.17) is 0 Å². The smallest absolute Gasteiger partial charge is 0.279 e. The Morgan fingerprint density at radius 3 is 2.24 bits per heavy atom. The minimum absolute atomic E-state index is 0.495. The Hall–Kier alpha value is -0.170. The molecule has 100 valence electrons. The fourth-order valence-electron chi connectivity index (χ4n) is 2.12. The van der Waals surface area contributed by atoms with Gasteiger partial charge in [-0.1, -0.05) is 12.8 Å². The Kier molecular flexibility index (Phi) is 4.78. The van der Waals surface area contributed by atoms with Crippen LogP contribution < -0.4 is 10.0 Å². The van der Waals surface area contributed by atoms with Crippen molar-refractivity contribution in [2.75, 3.05) is 26.2 Å². The zero-order chi connectivity index (χ0) is 12.1. The monoisotopic (exact) mass is 261 g/mol. The number of hydrogen-bond donors (Lipinski definition) is 2. The Labute approximate surface area is 104 Å². The SMILES string of the molecule is O=S(=O)(NCCNC1CC1)N1CCCCCC1. The molecule has 0 amide bonds. The predicted octanol–water partition coefficient (Wildman–Crippen LogP) is 0.449. The number of nitrogens with one attached hydrogen (secondary N) is 2. The van der Waals surface area contributed by atoms with Crippen LogP contribution >= 0.6 is 0 Å². The number of nitrogens with zero attached hydrogens (tertiary/aromatic N) is 1. The Balaban J connectivity index is 1.71. The van der Waals surface area contributed by atoms with Gasteiger partial charge >= 0.3 is 0 Å². The molecule has 1 saturated heterocycles. The molecule has 0 aromatic carbocycles. The fourth-order valence-corrected chi connectivity index (χ4v) is 3.40. The molecule has 0 spiro atoms. The van der Waals surface area contributed by atoms with Crippen molar-refractivity contribution in [1.29, 1.82) is 0 Å². The van der Waals surface area contributed by atoms with Gasteiger partial charge in [-0.2, -0.15) is 12.7 Å². The molecule has 1 aliphatic heterocycles. The van der Waals surface area contributed by atoms with Gasteiger partial charge in [-0.3, -0.25) is 0 Å². The van der Waals surface area contributed by atoms with Gasteiger partial charge in [-0.25, -0.2) is 4.72 Å². The Morgan fingerprint density at radius 2 is 1.65 bits per heavy atom. The molecule has 2 N–H and O–H groups in total. The van der Waals surface area contributed by atoms with Crippen LogP contribution in [-0.2, 0) is 10.2 Å². The van der Waals surface area contributed by atoms with Crippen LogP contribution in [0.15, 0.2) is 0 Å². The van der Waals surface area contributed by atoms with Crippen LogP contribution in [0.3, 0.4) is 0 Å². The topological polar surface area (TPSA) is 61.4 Å². The molecule has 17 heavy (non-hydrogen) atoms. The normalized spacial score (nSPS) is 23.5. The lowest BCUT2D eigenvalue weighted by Gasteiger charge is -2.20. The van der Waals surface area contributed by atoms with Crippen molar-refractivity contribution in [3.63, 3.8) is 0 Å². The first-order valence-electron chi connectivity index (χ1n) is 6.66. The van der Waals surface area contributed by atoms with Crippen molar-refractivity contribution in [1.82, 2.24) is 14.3 Å². The zero-order valence-corrected chi connectivity index (χ0v) is 11.1. The third-order valence-electron chi connectivity index (χ3n) is 3.32. The van der Waals surface area contributed by atoms with Crippen LogP contribution in [0.2, 0.25) is 0 Å². The lowest BCUT2D eigenvalue weighted by Crippen LogP contribution is -2.43. The van der Waals surface area contributed by atoms with E-state index in [1.807, 2.05) is 0 Å². The molecule has 1 heterocycles. The summed E-state index contributed by atoms with van der Waals surface area (Å²) in [5, 5.41) is 3.30. The minimum Gasteiger partial charge on any atom is -0.313 e. The van der Waals surface area contributed by atoms with Crippen molar-refractivity contribution in [3.8, 4) is 0 Å². The second-order valence-electron chi connectivity index (χ2n) is 4.94. The minimum atomic E-state index is -3.24. The van der Waals surface area contributed by atoms with E-state index in [1.54, 1.807) is 4.31 Å². The van der Waals surface area contributed by atoms with E-state index in [0.29, 0.717) is 25.7 Å². The predicted molar refractivity (Wildman–Crippen MR) is 68.0 cm³/mol. The number of hydrogen-bond acceptors (Lipinski definition) is 3. The molecular formula is C11H23N3O2S. The average Bonchev–Trinajstić information content (AvgIpc) is 3.11. The third kappa shape index (κ3) is 4.54. The molecule has 2 aliphatic rings. The van der Waals surface area contributed by atoms with Crippen LogP contribution in [0.5, 0.6) is 0 Å². The Morgan fingerprint density at radius 1 is 1.00 bits per heavy atom. The van der Waals surface area contributed by atoms with E-state index in [1.165, 1.54) is 12.8 Å². The molecule has 0 atom stereocenters. The summed E-state index contributed by atoms with van der Waals surface area (Å²) in [4.78, 5) is 0. The first-order valence-corrected chi connectivity index (χ1v) is 8.10. The summed E-state index contributed by atoms with van der Waals surface area (Å²) in [5.74, 6) is 0. The van der Waals surface area contributed by atoms with Crippen molar-refractivity contribution < 1.29 is 8.42 Å². The van der Waals surface area contributed by atoms with Crippen molar-refractivity contribution in [2.45, 2.75) is 44.6 Å². The van der Waals surface area contributed by atoms with Gasteiger partial charge < -0.3 is 5.32 Å². The first-order chi connectivity index (χ1) is 8.18. The van der Waals surface area contributed by atoms with E-state index < -0.39 is 10.2 Å². The summed E-state index contributed by atoms with van der Waals surface area (Å²) in [5.41, 5.74) is 0. The lowest BCUT2D eigenvalue weighted by atomic mass is 10.2. The second-order valence-corrected chi connectivity index (χ2v) is 6.70. The van der Waals surface area contributed by atoms with Gasteiger partial charge in [0.05, 0.1) is 0 Å². The molecule has 1 saturated carbocycles. The lowest BCUT2D eigenvalue weighted by molar-refractivity contribution is 0.414. The van der Waals surface area contributed by atoms with Crippen LogP contribution in [0.25, 0.3) is 0 Å². The second kappa shape index (κ2) is 6.13. The van der Waals surface area contributed by atoms with Gasteiger partial charge in [0.15, 0.2) is 0 Å². The van der Waals surface area contributed by atoms with E-state index >= 15 is 0 Å². The summed E-state index contributed by atoms with van der Waals surface area (Å²) >= 11 is 0. The molecule has 1 aliphatic carbocycles. The van der Waals surface area contributed by atoms with Gasteiger partial charge in [0.2, 0.25) is 0 Å². The molecule has 0 unspecified atom stereocenters. The molecule has 2 rings (SSSR count). The van der Waals surface area contributed by atoms with Gasteiger partial charge in [-0.05, 0) is 25.7 Å². The fraction of sp³-hybridized carbons (Fsp3) is 1.00. The highest BCUT2D eigenvalue weighted by Crippen LogP contribution is 2.17. The van der Waals surface area contributed by atoms with Crippen LogP contribution in [0.4, 0.5) is 0 Å². The third-order valence-corrected chi connectivity index (χ3v) is 4.94. The maximum atomic E-state index is 12.0. The van der Waals surface area contributed by atoms with Gasteiger partial charge in [-0.15, -0.1) is 0 Å². The van der Waals surface area contributed by atoms with Gasteiger partial charge in [0.1, 0.15) is 0 Å². The summed E-state index contributed by atoms with van der Waals surface area (Å²) in [6.45, 7) is 2.57. The van der Waals surface area contributed by atoms with Crippen molar-refractivity contribution >= 4 is 10.2 Å². The highest BCUT2D eigenvalue weighted by Gasteiger charge is 2.23. The van der Waals surface area contributed by atoms with E-state index in [9.17, 15) is 8.42 Å². The molecular weight excluding hydrogens is 238 g/mol. The maximum Gasteiger partial charge on any atom is 0.279 e. The van der Waals surface area contributed by atoms with E-state index in [-0.39, 0.29) is 0 Å². The van der Waals surface area contributed by atoms with Gasteiger partial charge in [0.25, 0.3) is 10.2 Å². The maximum absolute atomic E-state index is 12.0. The average molecular weight is 261 g/mol. The molecule has 0 radical (unpaired) electrons. The van der Waals surface area contributed by atoms with Gasteiger partial charge in [0, 0.05) is 32.2 Å². The quantitative estimate of drug-likeness (QED) is 0.682. The molecule has 0 aromatic rings. The highest BCUT2D eigenvalue weighted by atomic mass is 32.2. The van der Waals surface area contributed by atoms with Crippen molar-refractivity contribution in [2.24, 2.45) is 0 Å². The first kappa shape index (κ1) is 13.3. The zero-order valence-electron chi connectivity index (χ0n) is 10.3. The molecule has 2 fully saturated rings. The van der Waals surface area contributed by atoms with Crippen LogP contribution in [0.1, 0.15) is 38.5 Å². The van der Waals surface area contributed by atoms with Crippen LogP contribution in [-0.4, -0.2) is 44.9 Å². The van der Waals surface area contributed by atoms with Crippen LogP contribution in [0, 0.1) is 0 Å². The number of rotatable bonds is 6. The van der Waals surface area contributed by atoms with E-state index in [0.717, 1.165) is 32.2 Å². The largest absolute Gasteiger partial charge is 0.313 e. The molecule has 0 aromatic heterocycles. The summed E-state index contributed by atoms with van der Waals surface area (Å²) in [6.07, 6.45) is 6.74. The van der Waals surface area contributed by atoms with Crippen molar-refractivity contribution in [3.05, 3.63) is 0 Å². The van der Waals surface area contributed by atoms with E-state index in [2.05, 4.69) is 10.0 Å².